The molecule has 0 aliphatic rings. The number of benzene rings is 3. The highest BCUT2D eigenvalue weighted by Gasteiger charge is 2.44. The molecule has 0 aliphatic carbocycles. The zero-order chi connectivity index (χ0) is 19.2. The Morgan fingerprint density at radius 1 is 0.607 bits per heavy atom. The van der Waals surface area contributed by atoms with Crippen molar-refractivity contribution in [1.82, 2.24) is 0 Å². The fourth-order valence-corrected chi connectivity index (χ4v) is 3.33. The Labute approximate surface area is 165 Å². The van der Waals surface area contributed by atoms with Gasteiger partial charge in [-0.05, 0) is 43.3 Å². The number of azo groups is 1. The summed E-state index contributed by atoms with van der Waals surface area (Å²) in [6.07, 6.45) is 4.07. The molecule has 1 aromatic heterocycles. The van der Waals surface area contributed by atoms with Gasteiger partial charge in [-0.25, -0.2) is 0 Å². The zero-order valence-corrected chi connectivity index (χ0v) is 15.8. The lowest BCUT2D eigenvalue weighted by Crippen LogP contribution is -2.56. The van der Waals surface area contributed by atoms with E-state index in [0.29, 0.717) is 0 Å². The third-order valence-corrected chi connectivity index (χ3v) is 4.79. The van der Waals surface area contributed by atoms with Gasteiger partial charge in [-0.2, -0.15) is 4.57 Å². The Bertz CT molecular complexity index is 945. The monoisotopic (exact) mass is 364 g/mol. The zero-order valence-electron chi connectivity index (χ0n) is 15.8. The molecule has 0 N–H and O–H groups in total. The summed E-state index contributed by atoms with van der Waals surface area (Å²) in [7, 11) is 0. The van der Waals surface area contributed by atoms with Crippen LogP contribution in [0.5, 0.6) is 0 Å². The molecule has 136 valence electrons. The number of aryl methyl sites for hydroxylation is 1. The maximum atomic E-state index is 4.95. The number of pyridine rings is 1. The predicted molar refractivity (Wildman–Crippen MR) is 111 cm³/mol. The van der Waals surface area contributed by atoms with Gasteiger partial charge in [0.1, 0.15) is 0 Å². The molecule has 3 nitrogen and oxygen atoms in total. The molecule has 0 unspecified atom stereocenters. The number of aromatic nitrogens is 1. The fourth-order valence-electron chi connectivity index (χ4n) is 3.33. The van der Waals surface area contributed by atoms with Gasteiger partial charge in [0, 0.05) is 12.1 Å². The third kappa shape index (κ3) is 3.47. The first-order valence-corrected chi connectivity index (χ1v) is 9.36. The Morgan fingerprint density at radius 3 is 1.64 bits per heavy atom. The van der Waals surface area contributed by atoms with Crippen LogP contribution in [-0.4, -0.2) is 0 Å². The van der Waals surface area contributed by atoms with Gasteiger partial charge in [-0.1, -0.05) is 60.2 Å². The minimum Gasteiger partial charge on any atom is -0.169 e. The Balaban J connectivity index is 1.97. The molecule has 0 amide bonds. The van der Waals surface area contributed by atoms with E-state index in [1.165, 1.54) is 5.56 Å². The van der Waals surface area contributed by atoms with Crippen molar-refractivity contribution >= 4 is 5.69 Å². The number of hydrogen-bond donors (Lipinski definition) is 0. The maximum absolute atomic E-state index is 4.95. The van der Waals surface area contributed by atoms with Crippen molar-refractivity contribution in [3.8, 4) is 0 Å². The van der Waals surface area contributed by atoms with Gasteiger partial charge < -0.3 is 0 Å². The van der Waals surface area contributed by atoms with E-state index in [9.17, 15) is 0 Å². The summed E-state index contributed by atoms with van der Waals surface area (Å²) in [5.74, 6) is 0. The molecule has 1 heterocycles. The quantitative estimate of drug-likeness (QED) is 0.316. The minimum atomic E-state index is -0.797. The molecule has 0 spiro atoms. The number of nitrogens with zero attached hydrogens (tertiary/aromatic N) is 3. The van der Waals surface area contributed by atoms with Crippen molar-refractivity contribution in [2.75, 3.05) is 0 Å². The standard InChI is InChI=1S/C25H22N3/c1-21-15-17-24(18-16-21)26-27-25(22-11-5-2-6-12-22,23-13-7-3-8-14-23)28-19-9-4-10-20-28/h2-20H,1H3/q+1. The van der Waals surface area contributed by atoms with E-state index in [1.807, 2.05) is 79.1 Å². The van der Waals surface area contributed by atoms with E-state index in [2.05, 4.69) is 53.0 Å². The van der Waals surface area contributed by atoms with E-state index in [-0.39, 0.29) is 0 Å². The van der Waals surface area contributed by atoms with Crippen molar-refractivity contribution in [3.63, 3.8) is 0 Å². The number of hydrogen-bond acceptors (Lipinski definition) is 2. The molecule has 3 aromatic carbocycles. The van der Waals surface area contributed by atoms with Crippen LogP contribution in [0.15, 0.2) is 126 Å². The molecule has 0 saturated carbocycles. The summed E-state index contributed by atoms with van der Waals surface area (Å²) in [6.45, 7) is 2.07. The molecule has 0 fully saturated rings. The molecule has 28 heavy (non-hydrogen) atoms. The third-order valence-electron chi connectivity index (χ3n) is 4.79. The van der Waals surface area contributed by atoms with Crippen LogP contribution in [0.4, 0.5) is 5.69 Å². The first kappa shape index (κ1) is 17.8. The van der Waals surface area contributed by atoms with Crippen molar-refractivity contribution in [2.45, 2.75) is 12.6 Å². The molecule has 4 aromatic rings. The normalized spacial score (nSPS) is 11.6. The van der Waals surface area contributed by atoms with Crippen LogP contribution in [0, 0.1) is 6.92 Å². The van der Waals surface area contributed by atoms with Crippen LogP contribution in [0.25, 0.3) is 0 Å². The van der Waals surface area contributed by atoms with Gasteiger partial charge in [-0.15, -0.1) is 10.2 Å². The fraction of sp³-hybridized carbons (Fsp3) is 0.0800. The lowest BCUT2D eigenvalue weighted by atomic mass is 9.91. The highest BCUT2D eigenvalue weighted by atomic mass is 15.3. The molecular weight excluding hydrogens is 342 g/mol. The van der Waals surface area contributed by atoms with Crippen LogP contribution in [0.1, 0.15) is 16.7 Å². The van der Waals surface area contributed by atoms with E-state index in [0.717, 1.165) is 16.8 Å². The van der Waals surface area contributed by atoms with E-state index < -0.39 is 5.66 Å². The molecule has 0 bridgehead atoms. The highest BCUT2D eigenvalue weighted by molar-refractivity contribution is 5.39. The summed E-state index contributed by atoms with van der Waals surface area (Å²) >= 11 is 0. The predicted octanol–water partition coefficient (Wildman–Crippen LogP) is 5.82. The molecule has 0 saturated heterocycles. The molecule has 4 rings (SSSR count). The lowest BCUT2D eigenvalue weighted by Gasteiger charge is -2.24. The largest absolute Gasteiger partial charge is 0.330 e. The smallest absolute Gasteiger partial charge is 0.169 e. The van der Waals surface area contributed by atoms with E-state index in [4.69, 9.17) is 5.11 Å². The van der Waals surface area contributed by atoms with Gasteiger partial charge in [-0.3, -0.25) is 0 Å². The van der Waals surface area contributed by atoms with Gasteiger partial charge in [0.25, 0.3) is 0 Å². The van der Waals surface area contributed by atoms with Crippen LogP contribution in [0.3, 0.4) is 0 Å². The average Bonchev–Trinajstić information content (AvgIpc) is 2.78. The summed E-state index contributed by atoms with van der Waals surface area (Å²) < 4.78 is 2.11. The molecule has 0 aliphatic heterocycles. The van der Waals surface area contributed by atoms with Crippen molar-refractivity contribution in [1.29, 1.82) is 0 Å². The molecule has 0 radical (unpaired) electrons. The van der Waals surface area contributed by atoms with Gasteiger partial charge in [0.05, 0.1) is 16.8 Å². The second kappa shape index (κ2) is 7.97. The van der Waals surface area contributed by atoms with Gasteiger partial charge in [0.15, 0.2) is 12.4 Å². The Hall–Kier alpha value is -3.59. The van der Waals surface area contributed by atoms with Gasteiger partial charge >= 0.3 is 5.66 Å². The summed E-state index contributed by atoms with van der Waals surface area (Å²) in [5.41, 5.74) is 3.34. The lowest BCUT2D eigenvalue weighted by molar-refractivity contribution is -0.744. The topological polar surface area (TPSA) is 28.6 Å². The van der Waals surface area contributed by atoms with Crippen LogP contribution in [-0.2, 0) is 5.66 Å². The summed E-state index contributed by atoms with van der Waals surface area (Å²) in [6, 6.07) is 34.7. The Morgan fingerprint density at radius 2 is 1.11 bits per heavy atom. The first-order valence-electron chi connectivity index (χ1n) is 9.36. The Kier molecular flexibility index (Phi) is 5.07. The SMILES string of the molecule is Cc1ccc(N=NC(c2ccccc2)(c2ccccc2)[n+]2ccccc2)cc1. The van der Waals surface area contributed by atoms with Crippen molar-refractivity contribution in [3.05, 3.63) is 132 Å². The first-order chi connectivity index (χ1) is 13.8. The van der Waals surface area contributed by atoms with Crippen LogP contribution < -0.4 is 4.57 Å². The van der Waals surface area contributed by atoms with Crippen LogP contribution >= 0.6 is 0 Å². The summed E-state index contributed by atoms with van der Waals surface area (Å²) in [4.78, 5) is 0. The minimum absolute atomic E-state index is 0.797. The van der Waals surface area contributed by atoms with E-state index >= 15 is 0 Å². The second-order valence-corrected chi connectivity index (χ2v) is 6.72. The maximum Gasteiger partial charge on any atom is 0.330 e. The molecule has 3 heteroatoms. The second-order valence-electron chi connectivity index (χ2n) is 6.72. The van der Waals surface area contributed by atoms with E-state index in [1.54, 1.807) is 0 Å². The molecule has 0 atom stereocenters. The molecular formula is C25H22N3+. The summed E-state index contributed by atoms with van der Waals surface area (Å²) in [5, 5.41) is 9.61. The van der Waals surface area contributed by atoms with Crippen molar-refractivity contribution < 1.29 is 4.57 Å². The highest BCUT2D eigenvalue weighted by Crippen LogP contribution is 2.32. The number of rotatable bonds is 5. The van der Waals surface area contributed by atoms with Crippen LogP contribution in [0.2, 0.25) is 0 Å². The van der Waals surface area contributed by atoms with Crippen molar-refractivity contribution in [2.24, 2.45) is 10.2 Å². The average molecular weight is 364 g/mol. The van der Waals surface area contributed by atoms with Gasteiger partial charge in [0.2, 0.25) is 0 Å².